The lowest BCUT2D eigenvalue weighted by molar-refractivity contribution is -0.384. The summed E-state index contributed by atoms with van der Waals surface area (Å²) in [7, 11) is 0. The van der Waals surface area contributed by atoms with E-state index >= 15 is 0 Å². The molecular formula is C13H9BrClN3O3. The molecule has 1 heterocycles. The molecule has 1 aliphatic carbocycles. The molecule has 1 fully saturated rings. The van der Waals surface area contributed by atoms with Crippen molar-refractivity contribution in [2.24, 2.45) is 0 Å². The summed E-state index contributed by atoms with van der Waals surface area (Å²) < 4.78 is 6.25. The minimum Gasteiger partial charge on any atom is -0.439 e. The molecule has 0 N–H and O–H groups in total. The number of nitro benzene ring substituents is 1. The molecule has 1 aliphatic rings. The third kappa shape index (κ3) is 3.30. The summed E-state index contributed by atoms with van der Waals surface area (Å²) in [6.45, 7) is 0. The van der Waals surface area contributed by atoms with Gasteiger partial charge >= 0.3 is 0 Å². The van der Waals surface area contributed by atoms with E-state index in [1.54, 1.807) is 6.07 Å². The molecule has 1 saturated carbocycles. The first kappa shape index (κ1) is 14.2. The highest BCUT2D eigenvalue weighted by molar-refractivity contribution is 9.10. The predicted molar refractivity (Wildman–Crippen MR) is 79.9 cm³/mol. The number of benzene rings is 1. The predicted octanol–water partition coefficient (Wildman–Crippen LogP) is 4.47. The number of ether oxygens (including phenoxy) is 1. The van der Waals surface area contributed by atoms with Gasteiger partial charge in [0.05, 0.1) is 4.92 Å². The number of halogens is 2. The smallest absolute Gasteiger partial charge is 0.288 e. The Hall–Kier alpha value is -1.73. The lowest BCUT2D eigenvalue weighted by Gasteiger charge is -2.07. The number of nitro groups is 1. The Bertz CT molecular complexity index is 722. The van der Waals surface area contributed by atoms with Crippen molar-refractivity contribution in [1.29, 1.82) is 0 Å². The van der Waals surface area contributed by atoms with Crippen LogP contribution in [0.1, 0.15) is 24.6 Å². The average molecular weight is 371 g/mol. The van der Waals surface area contributed by atoms with Crippen LogP contribution in [0.5, 0.6) is 11.6 Å². The maximum Gasteiger partial charge on any atom is 0.288 e. The SMILES string of the molecule is O=[N+]([O-])c1ccc(Oc2cc(Br)nc(C3CC3)n2)cc1Cl. The number of hydrogen-bond donors (Lipinski definition) is 0. The molecule has 0 amide bonds. The number of aromatic nitrogens is 2. The summed E-state index contributed by atoms with van der Waals surface area (Å²) in [4.78, 5) is 18.8. The Kier molecular flexibility index (Phi) is 3.77. The van der Waals surface area contributed by atoms with Crippen molar-refractivity contribution >= 4 is 33.2 Å². The number of rotatable bonds is 4. The van der Waals surface area contributed by atoms with Crippen LogP contribution in [0.4, 0.5) is 5.69 Å². The van der Waals surface area contributed by atoms with Crippen molar-refractivity contribution in [3.05, 3.63) is 49.8 Å². The highest BCUT2D eigenvalue weighted by Crippen LogP contribution is 2.39. The van der Waals surface area contributed by atoms with E-state index in [2.05, 4.69) is 25.9 Å². The molecule has 6 nitrogen and oxygen atoms in total. The largest absolute Gasteiger partial charge is 0.439 e. The van der Waals surface area contributed by atoms with Crippen molar-refractivity contribution in [2.45, 2.75) is 18.8 Å². The molecule has 108 valence electrons. The van der Waals surface area contributed by atoms with Gasteiger partial charge in [-0.25, -0.2) is 4.98 Å². The number of hydrogen-bond acceptors (Lipinski definition) is 5. The average Bonchev–Trinajstić information content (AvgIpc) is 3.21. The maximum atomic E-state index is 10.7. The van der Waals surface area contributed by atoms with E-state index in [9.17, 15) is 10.1 Å². The second-order valence-corrected chi connectivity index (χ2v) is 5.85. The van der Waals surface area contributed by atoms with Gasteiger partial charge < -0.3 is 4.74 Å². The van der Waals surface area contributed by atoms with Crippen LogP contribution in [-0.4, -0.2) is 14.9 Å². The summed E-state index contributed by atoms with van der Waals surface area (Å²) in [6, 6.07) is 5.82. The third-order valence-corrected chi connectivity index (χ3v) is 3.68. The van der Waals surface area contributed by atoms with E-state index in [1.807, 2.05) is 0 Å². The van der Waals surface area contributed by atoms with E-state index in [0.29, 0.717) is 22.2 Å². The van der Waals surface area contributed by atoms with Crippen molar-refractivity contribution in [2.75, 3.05) is 0 Å². The Labute approximate surface area is 133 Å². The lowest BCUT2D eigenvalue weighted by Crippen LogP contribution is -1.97. The van der Waals surface area contributed by atoms with Crippen LogP contribution in [0.2, 0.25) is 5.02 Å². The molecule has 0 unspecified atom stereocenters. The Balaban J connectivity index is 1.86. The number of nitrogens with zero attached hydrogens (tertiary/aromatic N) is 3. The van der Waals surface area contributed by atoms with Crippen LogP contribution in [0, 0.1) is 10.1 Å². The van der Waals surface area contributed by atoms with E-state index in [4.69, 9.17) is 16.3 Å². The van der Waals surface area contributed by atoms with Crippen molar-refractivity contribution in [3.63, 3.8) is 0 Å². The van der Waals surface area contributed by atoms with Crippen LogP contribution in [0.25, 0.3) is 0 Å². The molecular weight excluding hydrogens is 362 g/mol. The third-order valence-electron chi connectivity index (χ3n) is 2.97. The van der Waals surface area contributed by atoms with Gasteiger partial charge in [-0.3, -0.25) is 10.1 Å². The molecule has 0 bridgehead atoms. The molecule has 8 heteroatoms. The summed E-state index contributed by atoms with van der Waals surface area (Å²) in [5, 5.41) is 10.7. The van der Waals surface area contributed by atoms with Crippen LogP contribution >= 0.6 is 27.5 Å². The monoisotopic (exact) mass is 369 g/mol. The summed E-state index contributed by atoms with van der Waals surface area (Å²) in [5.41, 5.74) is -0.161. The van der Waals surface area contributed by atoms with Crippen molar-refractivity contribution in [3.8, 4) is 11.6 Å². The summed E-state index contributed by atoms with van der Waals surface area (Å²) in [6.07, 6.45) is 2.17. The van der Waals surface area contributed by atoms with Crippen LogP contribution in [0.15, 0.2) is 28.9 Å². The first-order chi connectivity index (χ1) is 10.0. The molecule has 2 aromatic rings. The zero-order valence-corrected chi connectivity index (χ0v) is 13.0. The topological polar surface area (TPSA) is 78.2 Å². The zero-order valence-electron chi connectivity index (χ0n) is 10.6. The molecule has 0 saturated heterocycles. The Morgan fingerprint density at radius 3 is 2.71 bits per heavy atom. The van der Waals surface area contributed by atoms with Gasteiger partial charge in [-0.2, -0.15) is 4.98 Å². The van der Waals surface area contributed by atoms with Crippen molar-refractivity contribution < 1.29 is 9.66 Å². The van der Waals surface area contributed by atoms with Gasteiger partial charge in [0.25, 0.3) is 5.69 Å². The fraction of sp³-hybridized carbons (Fsp3) is 0.231. The Morgan fingerprint density at radius 1 is 1.33 bits per heavy atom. The molecule has 0 spiro atoms. The van der Waals surface area contributed by atoms with Crippen LogP contribution in [0.3, 0.4) is 0 Å². The van der Waals surface area contributed by atoms with Crippen LogP contribution < -0.4 is 4.74 Å². The van der Waals surface area contributed by atoms with E-state index in [1.165, 1.54) is 18.2 Å². The van der Waals surface area contributed by atoms with Gasteiger partial charge in [0.15, 0.2) is 0 Å². The minimum absolute atomic E-state index is 0.0213. The molecule has 0 atom stereocenters. The van der Waals surface area contributed by atoms with Gasteiger partial charge in [0.2, 0.25) is 5.88 Å². The fourth-order valence-electron chi connectivity index (χ4n) is 1.81. The summed E-state index contributed by atoms with van der Waals surface area (Å²) in [5.74, 6) is 1.90. The van der Waals surface area contributed by atoms with Crippen molar-refractivity contribution in [1.82, 2.24) is 9.97 Å². The minimum atomic E-state index is -0.543. The normalized spacial score (nSPS) is 14.0. The molecule has 0 aliphatic heterocycles. The van der Waals surface area contributed by atoms with E-state index < -0.39 is 4.92 Å². The second kappa shape index (κ2) is 5.57. The van der Waals surface area contributed by atoms with E-state index in [0.717, 1.165) is 18.7 Å². The van der Waals surface area contributed by atoms with Crippen LogP contribution in [-0.2, 0) is 0 Å². The van der Waals surface area contributed by atoms with E-state index in [-0.39, 0.29) is 10.7 Å². The fourth-order valence-corrected chi connectivity index (χ4v) is 2.43. The zero-order chi connectivity index (χ0) is 15.0. The molecule has 0 radical (unpaired) electrons. The van der Waals surface area contributed by atoms with Gasteiger partial charge in [-0.1, -0.05) is 11.6 Å². The Morgan fingerprint density at radius 2 is 2.10 bits per heavy atom. The lowest BCUT2D eigenvalue weighted by atomic mass is 10.3. The van der Waals surface area contributed by atoms with Gasteiger partial charge in [0.1, 0.15) is 21.2 Å². The highest BCUT2D eigenvalue weighted by Gasteiger charge is 2.27. The maximum absolute atomic E-state index is 10.7. The molecule has 1 aromatic heterocycles. The molecule has 1 aromatic carbocycles. The van der Waals surface area contributed by atoms with Gasteiger partial charge in [-0.05, 0) is 34.8 Å². The first-order valence-corrected chi connectivity index (χ1v) is 7.36. The standard InChI is InChI=1S/C13H9BrClN3O3/c14-11-6-12(17-13(16-11)7-1-2-7)21-8-3-4-10(18(19)20)9(15)5-8/h3-7H,1-2H2. The second-order valence-electron chi connectivity index (χ2n) is 4.63. The summed E-state index contributed by atoms with van der Waals surface area (Å²) >= 11 is 9.17. The quantitative estimate of drug-likeness (QED) is 0.451. The molecule has 21 heavy (non-hydrogen) atoms. The van der Waals surface area contributed by atoms with Gasteiger partial charge in [-0.15, -0.1) is 0 Å². The highest BCUT2D eigenvalue weighted by atomic mass is 79.9. The van der Waals surface area contributed by atoms with Gasteiger partial charge in [0, 0.05) is 24.1 Å². The first-order valence-electron chi connectivity index (χ1n) is 6.19. The molecule has 3 rings (SSSR count).